The normalized spacial score (nSPS) is 9.27. The Morgan fingerprint density at radius 3 is 2.73 bits per heavy atom. The first-order chi connectivity index (χ1) is 5.16. The molecule has 0 fully saturated rings. The third kappa shape index (κ3) is 7.06. The Morgan fingerprint density at radius 2 is 2.27 bits per heavy atom. The monoisotopic (exact) mass is 157 g/mol. The summed E-state index contributed by atoms with van der Waals surface area (Å²) in [5.41, 5.74) is 0.714. The van der Waals surface area contributed by atoms with E-state index >= 15 is 0 Å². The van der Waals surface area contributed by atoms with Crippen LogP contribution in [0.3, 0.4) is 0 Å². The van der Waals surface area contributed by atoms with E-state index in [1.807, 2.05) is 6.92 Å². The molecule has 11 heavy (non-hydrogen) atoms. The lowest BCUT2D eigenvalue weighted by Crippen LogP contribution is -2.19. The molecular formula is C8H15NO2. The van der Waals surface area contributed by atoms with E-state index in [-0.39, 0.29) is 5.91 Å². The van der Waals surface area contributed by atoms with Crippen molar-refractivity contribution in [3.05, 3.63) is 12.3 Å². The Labute approximate surface area is 67.4 Å². The van der Waals surface area contributed by atoms with Gasteiger partial charge in [-0.3, -0.25) is 4.79 Å². The summed E-state index contributed by atoms with van der Waals surface area (Å²) in [6.07, 6.45) is 0.688. The van der Waals surface area contributed by atoms with Gasteiger partial charge in [-0.1, -0.05) is 6.58 Å². The van der Waals surface area contributed by atoms with Crippen molar-refractivity contribution in [3.63, 3.8) is 0 Å². The van der Waals surface area contributed by atoms with E-state index in [1.54, 1.807) is 0 Å². The second-order valence-corrected chi connectivity index (χ2v) is 2.23. The van der Waals surface area contributed by atoms with Crippen LogP contribution in [0.1, 0.15) is 20.3 Å². The van der Waals surface area contributed by atoms with Crippen molar-refractivity contribution in [2.24, 2.45) is 0 Å². The van der Waals surface area contributed by atoms with Crippen molar-refractivity contribution < 1.29 is 9.53 Å². The van der Waals surface area contributed by atoms with E-state index in [4.69, 9.17) is 4.74 Å². The minimum atomic E-state index is -0.0773. The fraction of sp³-hybridized carbons (Fsp3) is 0.625. The smallest absolute Gasteiger partial charge is 0.220 e. The van der Waals surface area contributed by atoms with Crippen molar-refractivity contribution in [3.8, 4) is 0 Å². The summed E-state index contributed by atoms with van der Waals surface area (Å²) in [5.74, 6) is -0.0773. The highest BCUT2D eigenvalue weighted by Gasteiger charge is 1.95. The van der Waals surface area contributed by atoms with Gasteiger partial charge in [0.2, 0.25) is 5.91 Å². The SMILES string of the molecule is C=C(CCOCC)NC(C)=O. The molecule has 0 saturated carbocycles. The first-order valence-corrected chi connectivity index (χ1v) is 3.70. The van der Waals surface area contributed by atoms with E-state index in [2.05, 4.69) is 11.9 Å². The van der Waals surface area contributed by atoms with Gasteiger partial charge in [0.1, 0.15) is 0 Å². The quantitative estimate of drug-likeness (QED) is 0.606. The molecular weight excluding hydrogens is 142 g/mol. The van der Waals surface area contributed by atoms with Gasteiger partial charge in [0.15, 0.2) is 0 Å². The highest BCUT2D eigenvalue weighted by molar-refractivity contribution is 5.74. The summed E-state index contributed by atoms with van der Waals surface area (Å²) in [7, 11) is 0. The average molecular weight is 157 g/mol. The van der Waals surface area contributed by atoms with Gasteiger partial charge in [0, 0.05) is 25.6 Å². The largest absolute Gasteiger partial charge is 0.381 e. The number of nitrogens with one attached hydrogen (secondary N) is 1. The van der Waals surface area contributed by atoms with Crippen LogP contribution in [0.4, 0.5) is 0 Å². The third-order valence-electron chi connectivity index (χ3n) is 1.11. The lowest BCUT2D eigenvalue weighted by molar-refractivity contribution is -0.118. The van der Waals surface area contributed by atoms with E-state index in [0.29, 0.717) is 25.3 Å². The van der Waals surface area contributed by atoms with Crippen LogP contribution < -0.4 is 5.32 Å². The highest BCUT2D eigenvalue weighted by Crippen LogP contribution is 1.92. The second kappa shape index (κ2) is 5.92. The number of amides is 1. The molecule has 0 bridgehead atoms. The molecule has 0 aliphatic carbocycles. The molecule has 0 aliphatic heterocycles. The molecule has 3 heteroatoms. The van der Waals surface area contributed by atoms with Gasteiger partial charge in [0.25, 0.3) is 0 Å². The van der Waals surface area contributed by atoms with Gasteiger partial charge in [-0.05, 0) is 6.92 Å². The van der Waals surface area contributed by atoms with Crippen LogP contribution in [-0.2, 0) is 9.53 Å². The van der Waals surface area contributed by atoms with Gasteiger partial charge in [-0.15, -0.1) is 0 Å². The topological polar surface area (TPSA) is 38.3 Å². The number of ether oxygens (including phenoxy) is 1. The van der Waals surface area contributed by atoms with Gasteiger partial charge < -0.3 is 10.1 Å². The zero-order valence-electron chi connectivity index (χ0n) is 7.14. The molecule has 3 nitrogen and oxygen atoms in total. The number of hydrogen-bond donors (Lipinski definition) is 1. The molecule has 0 rings (SSSR count). The minimum Gasteiger partial charge on any atom is -0.381 e. The van der Waals surface area contributed by atoms with Crippen molar-refractivity contribution in [2.45, 2.75) is 20.3 Å². The van der Waals surface area contributed by atoms with Crippen LogP contribution in [0.25, 0.3) is 0 Å². The van der Waals surface area contributed by atoms with E-state index < -0.39 is 0 Å². The zero-order valence-corrected chi connectivity index (χ0v) is 7.14. The lowest BCUT2D eigenvalue weighted by Gasteiger charge is -2.05. The Bertz CT molecular complexity index is 143. The van der Waals surface area contributed by atoms with Gasteiger partial charge in [0.05, 0.1) is 6.61 Å². The number of hydrogen-bond acceptors (Lipinski definition) is 2. The lowest BCUT2D eigenvalue weighted by atomic mass is 10.3. The number of carbonyl (C=O) groups excluding carboxylic acids is 1. The summed E-state index contributed by atoms with van der Waals surface area (Å²) in [6, 6.07) is 0. The average Bonchev–Trinajstić information content (AvgIpc) is 1.86. The molecule has 0 aromatic rings. The number of carbonyl (C=O) groups is 1. The molecule has 0 aliphatic rings. The van der Waals surface area contributed by atoms with Crippen LogP contribution in [0.2, 0.25) is 0 Å². The molecule has 0 aromatic carbocycles. The predicted molar refractivity (Wildman–Crippen MR) is 44.1 cm³/mol. The molecule has 1 N–H and O–H groups in total. The Morgan fingerprint density at radius 1 is 1.64 bits per heavy atom. The Balaban J connectivity index is 3.30. The fourth-order valence-electron chi connectivity index (χ4n) is 0.651. The summed E-state index contributed by atoms with van der Waals surface area (Å²) < 4.78 is 5.07. The molecule has 0 heterocycles. The Hall–Kier alpha value is -0.830. The van der Waals surface area contributed by atoms with Gasteiger partial charge in [-0.2, -0.15) is 0 Å². The summed E-state index contributed by atoms with van der Waals surface area (Å²) >= 11 is 0. The Kier molecular flexibility index (Phi) is 5.47. The summed E-state index contributed by atoms with van der Waals surface area (Å²) in [4.78, 5) is 10.5. The highest BCUT2D eigenvalue weighted by atomic mass is 16.5. The molecule has 64 valence electrons. The van der Waals surface area contributed by atoms with Crippen molar-refractivity contribution >= 4 is 5.91 Å². The maximum atomic E-state index is 10.5. The zero-order chi connectivity index (χ0) is 8.69. The summed E-state index contributed by atoms with van der Waals surface area (Å²) in [6.45, 7) is 8.37. The van der Waals surface area contributed by atoms with Crippen LogP contribution in [0, 0.1) is 0 Å². The third-order valence-corrected chi connectivity index (χ3v) is 1.11. The van der Waals surface area contributed by atoms with Crippen LogP contribution in [0.5, 0.6) is 0 Å². The molecule has 1 amide bonds. The van der Waals surface area contributed by atoms with E-state index in [9.17, 15) is 4.79 Å². The van der Waals surface area contributed by atoms with Crippen LogP contribution in [0.15, 0.2) is 12.3 Å². The van der Waals surface area contributed by atoms with Gasteiger partial charge in [-0.25, -0.2) is 0 Å². The predicted octanol–water partition coefficient (Wildman–Crippen LogP) is 1.06. The summed E-state index contributed by atoms with van der Waals surface area (Å²) in [5, 5.41) is 2.59. The maximum Gasteiger partial charge on any atom is 0.220 e. The molecule has 0 unspecified atom stereocenters. The molecule has 0 radical (unpaired) electrons. The van der Waals surface area contributed by atoms with Crippen LogP contribution >= 0.6 is 0 Å². The van der Waals surface area contributed by atoms with Crippen molar-refractivity contribution in [2.75, 3.05) is 13.2 Å². The van der Waals surface area contributed by atoms with Crippen molar-refractivity contribution in [1.29, 1.82) is 0 Å². The molecule has 0 saturated heterocycles. The first kappa shape index (κ1) is 10.2. The fourth-order valence-corrected chi connectivity index (χ4v) is 0.651. The van der Waals surface area contributed by atoms with Crippen molar-refractivity contribution in [1.82, 2.24) is 5.32 Å². The van der Waals surface area contributed by atoms with Crippen LogP contribution in [-0.4, -0.2) is 19.1 Å². The number of rotatable bonds is 5. The second-order valence-electron chi connectivity index (χ2n) is 2.23. The van der Waals surface area contributed by atoms with Gasteiger partial charge >= 0.3 is 0 Å². The maximum absolute atomic E-state index is 10.5. The standard InChI is InChI=1S/C8H15NO2/c1-4-11-6-5-7(2)9-8(3)10/h2,4-6H2,1,3H3,(H,9,10). The van der Waals surface area contributed by atoms with E-state index in [0.717, 1.165) is 0 Å². The first-order valence-electron chi connectivity index (χ1n) is 3.70. The minimum absolute atomic E-state index is 0.0773. The van der Waals surface area contributed by atoms with E-state index in [1.165, 1.54) is 6.92 Å². The molecule has 0 spiro atoms. The molecule has 0 atom stereocenters. The molecule has 0 aromatic heterocycles.